The third-order valence-electron chi connectivity index (χ3n) is 3.95. The molecule has 2 aliphatic rings. The van der Waals surface area contributed by atoms with Crippen LogP contribution in [0.4, 0.5) is 5.69 Å². The Balaban J connectivity index is 1.64. The van der Waals surface area contributed by atoms with Gasteiger partial charge in [0.05, 0.1) is 5.38 Å². The SMILES string of the molecule is O=C1CC(Cl)CN1Cc1ccc(N2CCCC2)cc1. The molecule has 0 saturated carbocycles. The predicted octanol–water partition coefficient (Wildman–Crippen LogP) is 2.63. The van der Waals surface area contributed by atoms with E-state index in [0.717, 1.165) is 13.1 Å². The number of amides is 1. The summed E-state index contributed by atoms with van der Waals surface area (Å²) < 4.78 is 0. The second kappa shape index (κ2) is 5.41. The van der Waals surface area contributed by atoms with E-state index in [1.54, 1.807) is 0 Å². The van der Waals surface area contributed by atoms with Gasteiger partial charge in [-0.1, -0.05) is 12.1 Å². The number of rotatable bonds is 3. The van der Waals surface area contributed by atoms with Crippen molar-refractivity contribution in [2.24, 2.45) is 0 Å². The van der Waals surface area contributed by atoms with Crippen molar-refractivity contribution >= 4 is 23.2 Å². The second-order valence-corrected chi connectivity index (χ2v) is 6.05. The third kappa shape index (κ3) is 2.86. The highest BCUT2D eigenvalue weighted by molar-refractivity contribution is 6.22. The Kier molecular flexibility index (Phi) is 3.65. The van der Waals surface area contributed by atoms with E-state index in [1.165, 1.54) is 24.1 Å². The van der Waals surface area contributed by atoms with Crippen molar-refractivity contribution < 1.29 is 4.79 Å². The number of carbonyl (C=O) groups excluding carboxylic acids is 1. The summed E-state index contributed by atoms with van der Waals surface area (Å²) in [6.45, 7) is 3.69. The summed E-state index contributed by atoms with van der Waals surface area (Å²) in [5, 5.41) is -0.0172. The molecule has 2 heterocycles. The molecule has 0 bridgehead atoms. The van der Waals surface area contributed by atoms with Gasteiger partial charge in [0.2, 0.25) is 5.91 Å². The van der Waals surface area contributed by atoms with Crippen LogP contribution in [-0.4, -0.2) is 35.8 Å². The molecule has 1 unspecified atom stereocenters. The smallest absolute Gasteiger partial charge is 0.224 e. The summed E-state index contributed by atoms with van der Waals surface area (Å²) in [5.74, 6) is 0.170. The van der Waals surface area contributed by atoms with E-state index < -0.39 is 0 Å². The number of benzene rings is 1. The minimum atomic E-state index is -0.0172. The van der Waals surface area contributed by atoms with Crippen LogP contribution in [0.5, 0.6) is 0 Å². The van der Waals surface area contributed by atoms with Crippen LogP contribution in [0.2, 0.25) is 0 Å². The number of likely N-dealkylation sites (tertiary alicyclic amines) is 1. The largest absolute Gasteiger partial charge is 0.372 e. The highest BCUT2D eigenvalue weighted by Crippen LogP contribution is 2.23. The number of alkyl halides is 1. The molecule has 1 atom stereocenters. The fraction of sp³-hybridized carbons (Fsp3) is 0.533. The van der Waals surface area contributed by atoms with Gasteiger partial charge in [-0.15, -0.1) is 11.6 Å². The maximum atomic E-state index is 11.7. The Morgan fingerprint density at radius 3 is 2.42 bits per heavy atom. The molecule has 1 aromatic rings. The molecular weight excluding hydrogens is 260 g/mol. The molecule has 3 nitrogen and oxygen atoms in total. The maximum Gasteiger partial charge on any atom is 0.224 e. The summed E-state index contributed by atoms with van der Waals surface area (Å²) in [4.78, 5) is 16.0. The Hall–Kier alpha value is -1.22. The van der Waals surface area contributed by atoms with Gasteiger partial charge >= 0.3 is 0 Å². The average molecular weight is 279 g/mol. The van der Waals surface area contributed by atoms with Crippen molar-refractivity contribution in [1.82, 2.24) is 4.90 Å². The Labute approximate surface area is 119 Å². The van der Waals surface area contributed by atoms with Crippen LogP contribution in [0.1, 0.15) is 24.8 Å². The first-order valence-corrected chi connectivity index (χ1v) is 7.42. The first-order chi connectivity index (χ1) is 9.22. The van der Waals surface area contributed by atoms with Crippen molar-refractivity contribution in [3.63, 3.8) is 0 Å². The van der Waals surface area contributed by atoms with E-state index in [0.29, 0.717) is 19.5 Å². The minimum absolute atomic E-state index is 0.0172. The lowest BCUT2D eigenvalue weighted by Crippen LogP contribution is -2.24. The van der Waals surface area contributed by atoms with Gasteiger partial charge in [0, 0.05) is 38.3 Å². The number of hydrogen-bond donors (Lipinski definition) is 0. The molecule has 3 rings (SSSR count). The molecule has 2 aliphatic heterocycles. The van der Waals surface area contributed by atoms with Crippen molar-refractivity contribution in [1.29, 1.82) is 0 Å². The quantitative estimate of drug-likeness (QED) is 0.794. The lowest BCUT2D eigenvalue weighted by Gasteiger charge is -2.19. The molecule has 1 amide bonds. The molecule has 4 heteroatoms. The molecule has 0 aromatic heterocycles. The Bertz CT molecular complexity index is 454. The van der Waals surface area contributed by atoms with Crippen LogP contribution in [0.15, 0.2) is 24.3 Å². The molecule has 2 saturated heterocycles. The Morgan fingerprint density at radius 1 is 1.16 bits per heavy atom. The van der Waals surface area contributed by atoms with Crippen LogP contribution in [0.3, 0.4) is 0 Å². The normalized spacial score (nSPS) is 23.4. The third-order valence-corrected chi connectivity index (χ3v) is 4.24. The number of anilines is 1. The molecular formula is C15H19ClN2O. The average Bonchev–Trinajstić information content (AvgIpc) is 3.01. The van der Waals surface area contributed by atoms with Gasteiger partial charge < -0.3 is 9.80 Å². The molecule has 2 fully saturated rings. The van der Waals surface area contributed by atoms with Gasteiger partial charge in [-0.3, -0.25) is 4.79 Å². The van der Waals surface area contributed by atoms with Gasteiger partial charge in [-0.25, -0.2) is 0 Å². The van der Waals surface area contributed by atoms with Gasteiger partial charge in [-0.05, 0) is 30.5 Å². The van der Waals surface area contributed by atoms with Crippen molar-refractivity contribution in [2.45, 2.75) is 31.2 Å². The highest BCUT2D eigenvalue weighted by Gasteiger charge is 2.27. The first kappa shape index (κ1) is 12.8. The van der Waals surface area contributed by atoms with Crippen LogP contribution >= 0.6 is 11.6 Å². The standard InChI is InChI=1S/C15H19ClN2O/c16-13-9-15(19)18(11-13)10-12-3-5-14(6-4-12)17-7-1-2-8-17/h3-6,13H,1-2,7-11H2. The highest BCUT2D eigenvalue weighted by atomic mass is 35.5. The number of halogens is 1. The molecule has 0 N–H and O–H groups in total. The molecule has 0 aliphatic carbocycles. The van der Waals surface area contributed by atoms with Gasteiger partial charge in [0.25, 0.3) is 0 Å². The zero-order valence-electron chi connectivity index (χ0n) is 11.0. The van der Waals surface area contributed by atoms with Crippen molar-refractivity contribution in [3.8, 4) is 0 Å². The van der Waals surface area contributed by atoms with Crippen molar-refractivity contribution in [3.05, 3.63) is 29.8 Å². The van der Waals surface area contributed by atoms with Gasteiger partial charge in [0.1, 0.15) is 0 Å². The maximum absolute atomic E-state index is 11.7. The number of carbonyl (C=O) groups is 1. The topological polar surface area (TPSA) is 23.6 Å². The van der Waals surface area contributed by atoms with Crippen LogP contribution in [0.25, 0.3) is 0 Å². The molecule has 0 radical (unpaired) electrons. The number of hydrogen-bond acceptors (Lipinski definition) is 2. The fourth-order valence-electron chi connectivity index (χ4n) is 2.88. The van der Waals surface area contributed by atoms with Gasteiger partial charge in [-0.2, -0.15) is 0 Å². The first-order valence-electron chi connectivity index (χ1n) is 6.98. The number of nitrogens with zero attached hydrogens (tertiary/aromatic N) is 2. The zero-order valence-corrected chi connectivity index (χ0v) is 11.8. The monoisotopic (exact) mass is 278 g/mol. The lowest BCUT2D eigenvalue weighted by molar-refractivity contribution is -0.128. The molecule has 102 valence electrons. The molecule has 1 aromatic carbocycles. The van der Waals surface area contributed by atoms with E-state index in [1.807, 2.05) is 4.90 Å². The van der Waals surface area contributed by atoms with E-state index in [4.69, 9.17) is 11.6 Å². The summed E-state index contributed by atoms with van der Waals surface area (Å²) in [6, 6.07) is 8.59. The summed E-state index contributed by atoms with van der Waals surface area (Å²) in [6.07, 6.45) is 3.07. The van der Waals surface area contributed by atoms with E-state index in [-0.39, 0.29) is 11.3 Å². The molecule has 0 spiro atoms. The van der Waals surface area contributed by atoms with Crippen molar-refractivity contribution in [2.75, 3.05) is 24.5 Å². The van der Waals surface area contributed by atoms with Crippen LogP contribution < -0.4 is 4.90 Å². The lowest BCUT2D eigenvalue weighted by atomic mass is 10.2. The summed E-state index contributed by atoms with van der Waals surface area (Å²) in [7, 11) is 0. The summed E-state index contributed by atoms with van der Waals surface area (Å²) in [5.41, 5.74) is 2.48. The van der Waals surface area contributed by atoms with E-state index >= 15 is 0 Å². The van der Waals surface area contributed by atoms with Crippen LogP contribution in [-0.2, 0) is 11.3 Å². The second-order valence-electron chi connectivity index (χ2n) is 5.44. The minimum Gasteiger partial charge on any atom is -0.372 e. The Morgan fingerprint density at radius 2 is 1.84 bits per heavy atom. The predicted molar refractivity (Wildman–Crippen MR) is 77.6 cm³/mol. The molecule has 19 heavy (non-hydrogen) atoms. The van der Waals surface area contributed by atoms with Crippen LogP contribution in [0, 0.1) is 0 Å². The van der Waals surface area contributed by atoms with E-state index in [2.05, 4.69) is 29.2 Å². The summed E-state index contributed by atoms with van der Waals surface area (Å²) >= 11 is 6.01. The fourth-order valence-corrected chi connectivity index (χ4v) is 3.18. The van der Waals surface area contributed by atoms with E-state index in [9.17, 15) is 4.79 Å². The zero-order chi connectivity index (χ0) is 13.2. The van der Waals surface area contributed by atoms with Gasteiger partial charge in [0.15, 0.2) is 0 Å².